The summed E-state index contributed by atoms with van der Waals surface area (Å²) in [6.45, 7) is 2.98. The Morgan fingerprint density at radius 1 is 1.18 bits per heavy atom. The lowest BCUT2D eigenvalue weighted by atomic mass is 10.2. The fraction of sp³-hybridized carbons (Fsp3) is 0.600. The molecule has 0 amide bonds. The molecule has 2 heterocycles. The molecule has 0 aliphatic carbocycles. The summed E-state index contributed by atoms with van der Waals surface area (Å²) >= 11 is 0. The third kappa shape index (κ3) is 2.85. The standard InChI is InChI=1S/C10H13F3N4/c1-16-2-4-17(5-3-16)9-6-8(7-14-15-9)10(11,12)13/h6-7H,2-5H2,1H3. The molecule has 1 aliphatic heterocycles. The molecular weight excluding hydrogens is 233 g/mol. The molecule has 1 aliphatic rings. The zero-order chi connectivity index (χ0) is 12.5. The molecule has 17 heavy (non-hydrogen) atoms. The number of halogens is 3. The van der Waals surface area contributed by atoms with E-state index in [1.807, 2.05) is 11.9 Å². The zero-order valence-electron chi connectivity index (χ0n) is 9.41. The van der Waals surface area contributed by atoms with Gasteiger partial charge in [0.15, 0.2) is 5.82 Å². The van der Waals surface area contributed by atoms with Gasteiger partial charge in [-0.05, 0) is 13.1 Å². The first kappa shape index (κ1) is 12.1. The second kappa shape index (κ2) is 4.48. The van der Waals surface area contributed by atoms with Crippen molar-refractivity contribution in [3.63, 3.8) is 0 Å². The highest BCUT2D eigenvalue weighted by Crippen LogP contribution is 2.30. The van der Waals surface area contributed by atoms with Gasteiger partial charge >= 0.3 is 6.18 Å². The zero-order valence-corrected chi connectivity index (χ0v) is 9.41. The predicted octanol–water partition coefficient (Wildman–Crippen LogP) is 1.25. The molecule has 1 fully saturated rings. The molecule has 4 nitrogen and oxygen atoms in total. The number of alkyl halides is 3. The van der Waals surface area contributed by atoms with Crippen LogP contribution in [0.5, 0.6) is 0 Å². The highest BCUT2D eigenvalue weighted by Gasteiger charge is 2.32. The van der Waals surface area contributed by atoms with Gasteiger partial charge < -0.3 is 9.80 Å². The molecule has 0 bridgehead atoms. The van der Waals surface area contributed by atoms with Crippen LogP contribution >= 0.6 is 0 Å². The first-order valence-electron chi connectivity index (χ1n) is 5.30. The number of piperazine rings is 1. The Balaban J connectivity index is 2.16. The van der Waals surface area contributed by atoms with Crippen molar-refractivity contribution >= 4 is 5.82 Å². The van der Waals surface area contributed by atoms with Crippen LogP contribution in [0.2, 0.25) is 0 Å². The van der Waals surface area contributed by atoms with Crippen LogP contribution in [0.25, 0.3) is 0 Å². The van der Waals surface area contributed by atoms with Gasteiger partial charge in [0.1, 0.15) is 0 Å². The van der Waals surface area contributed by atoms with E-state index in [4.69, 9.17) is 0 Å². The summed E-state index contributed by atoms with van der Waals surface area (Å²) < 4.78 is 37.5. The summed E-state index contributed by atoms with van der Waals surface area (Å²) in [7, 11) is 1.98. The average molecular weight is 246 g/mol. The van der Waals surface area contributed by atoms with Gasteiger partial charge in [-0.3, -0.25) is 0 Å². The van der Waals surface area contributed by atoms with Crippen LogP contribution in [0, 0.1) is 0 Å². The molecule has 0 saturated carbocycles. The molecule has 94 valence electrons. The lowest BCUT2D eigenvalue weighted by Gasteiger charge is -2.33. The molecule has 0 radical (unpaired) electrons. The van der Waals surface area contributed by atoms with Crippen LogP contribution in [-0.2, 0) is 6.18 Å². The molecule has 1 aromatic heterocycles. The number of anilines is 1. The summed E-state index contributed by atoms with van der Waals surface area (Å²) in [4.78, 5) is 3.94. The molecule has 1 saturated heterocycles. The van der Waals surface area contributed by atoms with Gasteiger partial charge in [0, 0.05) is 26.2 Å². The SMILES string of the molecule is CN1CCN(c2cc(C(F)(F)F)cnn2)CC1. The Morgan fingerprint density at radius 3 is 2.41 bits per heavy atom. The van der Waals surface area contributed by atoms with E-state index in [-0.39, 0.29) is 0 Å². The van der Waals surface area contributed by atoms with Crippen LogP contribution in [0.1, 0.15) is 5.56 Å². The van der Waals surface area contributed by atoms with Crippen molar-refractivity contribution in [2.75, 3.05) is 38.1 Å². The van der Waals surface area contributed by atoms with Gasteiger partial charge in [-0.25, -0.2) is 0 Å². The van der Waals surface area contributed by atoms with Crippen molar-refractivity contribution in [2.45, 2.75) is 6.18 Å². The first-order chi connectivity index (χ1) is 7.97. The van der Waals surface area contributed by atoms with Gasteiger partial charge in [0.2, 0.25) is 0 Å². The minimum atomic E-state index is -4.36. The first-order valence-corrected chi connectivity index (χ1v) is 5.30. The Kier molecular flexibility index (Phi) is 3.19. The number of rotatable bonds is 1. The predicted molar refractivity (Wildman–Crippen MR) is 56.7 cm³/mol. The van der Waals surface area contributed by atoms with Gasteiger partial charge in [0.25, 0.3) is 0 Å². The van der Waals surface area contributed by atoms with Crippen LogP contribution in [0.15, 0.2) is 12.3 Å². The number of hydrogen-bond acceptors (Lipinski definition) is 4. The van der Waals surface area contributed by atoms with E-state index in [2.05, 4.69) is 15.1 Å². The summed E-state index contributed by atoms with van der Waals surface area (Å²) in [6.07, 6.45) is -3.61. The van der Waals surface area contributed by atoms with E-state index < -0.39 is 11.7 Å². The van der Waals surface area contributed by atoms with E-state index in [1.54, 1.807) is 0 Å². The Morgan fingerprint density at radius 2 is 1.82 bits per heavy atom. The summed E-state index contributed by atoms with van der Waals surface area (Å²) in [5, 5.41) is 7.18. The lowest BCUT2D eigenvalue weighted by Crippen LogP contribution is -2.45. The topological polar surface area (TPSA) is 32.3 Å². The van der Waals surface area contributed by atoms with Crippen molar-refractivity contribution in [2.24, 2.45) is 0 Å². The van der Waals surface area contributed by atoms with Crippen molar-refractivity contribution in [1.82, 2.24) is 15.1 Å². The smallest absolute Gasteiger partial charge is 0.353 e. The number of nitrogens with zero attached hydrogens (tertiary/aromatic N) is 4. The van der Waals surface area contributed by atoms with Crippen molar-refractivity contribution in [3.8, 4) is 0 Å². The van der Waals surface area contributed by atoms with E-state index >= 15 is 0 Å². The molecule has 0 atom stereocenters. The van der Waals surface area contributed by atoms with Gasteiger partial charge in [-0.15, -0.1) is 5.10 Å². The van der Waals surface area contributed by atoms with Crippen LogP contribution < -0.4 is 4.90 Å². The average Bonchev–Trinajstić information content (AvgIpc) is 2.29. The Bertz CT molecular complexity index is 385. The fourth-order valence-corrected chi connectivity index (χ4v) is 1.70. The molecule has 0 N–H and O–H groups in total. The van der Waals surface area contributed by atoms with E-state index in [9.17, 15) is 13.2 Å². The summed E-state index contributed by atoms with van der Waals surface area (Å²) in [5.41, 5.74) is -0.749. The Labute approximate surface area is 97.0 Å². The number of likely N-dealkylation sites (N-methyl/N-ethyl adjacent to an activating group) is 1. The van der Waals surface area contributed by atoms with Gasteiger partial charge in [-0.1, -0.05) is 0 Å². The van der Waals surface area contributed by atoms with Crippen molar-refractivity contribution in [3.05, 3.63) is 17.8 Å². The largest absolute Gasteiger partial charge is 0.418 e. The molecule has 0 aromatic carbocycles. The highest BCUT2D eigenvalue weighted by molar-refractivity contribution is 5.40. The molecule has 0 spiro atoms. The number of aromatic nitrogens is 2. The van der Waals surface area contributed by atoms with Gasteiger partial charge in [-0.2, -0.15) is 18.3 Å². The summed E-state index contributed by atoms with van der Waals surface area (Å²) in [6, 6.07) is 1.05. The van der Waals surface area contributed by atoms with Crippen LogP contribution in [0.4, 0.5) is 19.0 Å². The highest BCUT2D eigenvalue weighted by atomic mass is 19.4. The monoisotopic (exact) mass is 246 g/mol. The van der Waals surface area contributed by atoms with Crippen LogP contribution in [0.3, 0.4) is 0 Å². The molecule has 1 aromatic rings. The Hall–Kier alpha value is -1.37. The maximum atomic E-state index is 12.5. The second-order valence-electron chi connectivity index (χ2n) is 4.09. The minimum Gasteiger partial charge on any atom is -0.353 e. The molecule has 0 unspecified atom stereocenters. The molecule has 2 rings (SSSR count). The third-order valence-electron chi connectivity index (χ3n) is 2.80. The number of hydrogen-bond donors (Lipinski definition) is 0. The third-order valence-corrected chi connectivity index (χ3v) is 2.80. The lowest BCUT2D eigenvalue weighted by molar-refractivity contribution is -0.137. The van der Waals surface area contributed by atoms with Crippen LogP contribution in [-0.4, -0.2) is 48.3 Å². The maximum absolute atomic E-state index is 12.5. The summed E-state index contributed by atoms with van der Waals surface area (Å²) in [5.74, 6) is 0.299. The van der Waals surface area contributed by atoms with Crippen molar-refractivity contribution in [1.29, 1.82) is 0 Å². The van der Waals surface area contributed by atoms with E-state index in [0.717, 1.165) is 25.4 Å². The minimum absolute atomic E-state index is 0.299. The normalized spacial score (nSPS) is 18.5. The molecular formula is C10H13F3N4. The quantitative estimate of drug-likeness (QED) is 0.746. The van der Waals surface area contributed by atoms with Gasteiger partial charge in [0.05, 0.1) is 11.8 Å². The molecule has 7 heteroatoms. The second-order valence-corrected chi connectivity index (χ2v) is 4.09. The van der Waals surface area contributed by atoms with Crippen molar-refractivity contribution < 1.29 is 13.2 Å². The van der Waals surface area contributed by atoms with E-state index in [0.29, 0.717) is 18.9 Å². The maximum Gasteiger partial charge on any atom is 0.418 e. The fourth-order valence-electron chi connectivity index (χ4n) is 1.70. The van der Waals surface area contributed by atoms with E-state index in [1.165, 1.54) is 0 Å².